The first-order chi connectivity index (χ1) is 15.4. The van der Waals surface area contributed by atoms with Crippen LogP contribution in [0.4, 0.5) is 22.2 Å². The van der Waals surface area contributed by atoms with Gasteiger partial charge in [-0.25, -0.2) is 9.78 Å². The second-order valence-electron chi connectivity index (χ2n) is 8.95. The van der Waals surface area contributed by atoms with Crippen LogP contribution in [0.15, 0.2) is 42.5 Å². The van der Waals surface area contributed by atoms with E-state index in [1.54, 1.807) is 0 Å². The van der Waals surface area contributed by atoms with E-state index in [1.165, 1.54) is 0 Å². The molecular formula is C25H32N6O. The minimum atomic E-state index is -0.139. The van der Waals surface area contributed by atoms with E-state index in [2.05, 4.69) is 28.1 Å². The molecule has 7 heteroatoms. The van der Waals surface area contributed by atoms with Gasteiger partial charge in [-0.05, 0) is 74.9 Å². The van der Waals surface area contributed by atoms with E-state index in [1.807, 2.05) is 63.2 Å². The lowest BCUT2D eigenvalue weighted by atomic mass is 9.91. The third kappa shape index (κ3) is 5.28. The van der Waals surface area contributed by atoms with Crippen LogP contribution in [0.2, 0.25) is 0 Å². The average molecular weight is 433 g/mol. The van der Waals surface area contributed by atoms with Crippen molar-refractivity contribution in [1.82, 2.24) is 15.3 Å². The number of benzene rings is 2. The molecule has 1 fully saturated rings. The predicted octanol–water partition coefficient (Wildman–Crippen LogP) is 4.86. The maximum Gasteiger partial charge on any atom is 0.319 e. The number of nitrogens with one attached hydrogen (secondary N) is 3. The first kappa shape index (κ1) is 21.9. The van der Waals surface area contributed by atoms with Crippen molar-refractivity contribution in [2.45, 2.75) is 51.6 Å². The van der Waals surface area contributed by atoms with Crippen LogP contribution in [0, 0.1) is 13.8 Å². The number of amides is 2. The summed E-state index contributed by atoms with van der Waals surface area (Å²) in [6.45, 7) is 4.07. The third-order valence-electron chi connectivity index (χ3n) is 5.88. The molecule has 0 spiro atoms. The van der Waals surface area contributed by atoms with Gasteiger partial charge in [0.2, 0.25) is 5.95 Å². The zero-order valence-electron chi connectivity index (χ0n) is 19.3. The molecule has 0 aliphatic heterocycles. The Morgan fingerprint density at radius 2 is 1.59 bits per heavy atom. The first-order valence-electron chi connectivity index (χ1n) is 11.2. The number of hydrogen-bond donors (Lipinski definition) is 3. The Bertz CT molecular complexity index is 1080. The van der Waals surface area contributed by atoms with E-state index >= 15 is 0 Å². The van der Waals surface area contributed by atoms with Gasteiger partial charge in [0.1, 0.15) is 5.82 Å². The first-order valence-corrected chi connectivity index (χ1v) is 11.2. The monoisotopic (exact) mass is 432 g/mol. The lowest BCUT2D eigenvalue weighted by Gasteiger charge is -2.30. The molecule has 1 aromatic heterocycles. The number of fused-ring (bicyclic) bond motifs is 1. The maximum absolute atomic E-state index is 12.4. The van der Waals surface area contributed by atoms with Gasteiger partial charge in [-0.2, -0.15) is 4.98 Å². The number of carbonyl (C=O) groups excluding carboxylic acids is 1. The van der Waals surface area contributed by atoms with Gasteiger partial charge in [-0.15, -0.1) is 0 Å². The van der Waals surface area contributed by atoms with Crippen LogP contribution >= 0.6 is 0 Å². The lowest BCUT2D eigenvalue weighted by Crippen LogP contribution is -2.42. The van der Waals surface area contributed by atoms with Crippen molar-refractivity contribution in [1.29, 1.82) is 0 Å². The number of carbonyl (C=O) groups is 1. The summed E-state index contributed by atoms with van der Waals surface area (Å²) in [5.74, 6) is 1.58. The fourth-order valence-corrected chi connectivity index (χ4v) is 4.43. The third-order valence-corrected chi connectivity index (χ3v) is 5.88. The second-order valence-corrected chi connectivity index (χ2v) is 8.95. The SMILES string of the molecule is Cc1cc(C)cc(NC(=O)NC2CCC(Nc3nc(N(C)C)c4ccccc4n3)CC2)c1. The predicted molar refractivity (Wildman–Crippen MR) is 132 cm³/mol. The summed E-state index contributed by atoms with van der Waals surface area (Å²) in [7, 11) is 4.00. The normalized spacial score (nSPS) is 18.2. The number of urea groups is 1. The summed E-state index contributed by atoms with van der Waals surface area (Å²) < 4.78 is 0. The van der Waals surface area contributed by atoms with Crippen LogP contribution in [0.25, 0.3) is 10.9 Å². The smallest absolute Gasteiger partial charge is 0.319 e. The van der Waals surface area contributed by atoms with Crippen molar-refractivity contribution in [2.24, 2.45) is 0 Å². The summed E-state index contributed by atoms with van der Waals surface area (Å²) in [5, 5.41) is 10.7. The maximum atomic E-state index is 12.4. The van der Waals surface area contributed by atoms with Crippen molar-refractivity contribution in [3.05, 3.63) is 53.6 Å². The van der Waals surface area contributed by atoms with Gasteiger partial charge in [0.15, 0.2) is 0 Å². The largest absolute Gasteiger partial charge is 0.362 e. The average Bonchev–Trinajstić information content (AvgIpc) is 2.73. The molecule has 3 aromatic rings. The number of anilines is 3. The van der Waals surface area contributed by atoms with Crippen LogP contribution < -0.4 is 20.9 Å². The van der Waals surface area contributed by atoms with E-state index in [-0.39, 0.29) is 12.1 Å². The number of aryl methyl sites for hydroxylation is 2. The molecule has 0 unspecified atom stereocenters. The summed E-state index contributed by atoms with van der Waals surface area (Å²) >= 11 is 0. The molecule has 0 atom stereocenters. The Morgan fingerprint density at radius 1 is 0.938 bits per heavy atom. The molecule has 1 saturated carbocycles. The zero-order valence-corrected chi connectivity index (χ0v) is 19.3. The summed E-state index contributed by atoms with van der Waals surface area (Å²) in [5.41, 5.74) is 4.05. The molecule has 0 radical (unpaired) electrons. The molecule has 4 rings (SSSR count). The van der Waals surface area contributed by atoms with Crippen LogP contribution in [-0.2, 0) is 0 Å². The van der Waals surface area contributed by atoms with E-state index in [4.69, 9.17) is 9.97 Å². The lowest BCUT2D eigenvalue weighted by molar-refractivity contribution is 0.243. The van der Waals surface area contributed by atoms with Gasteiger partial charge in [0.05, 0.1) is 5.52 Å². The Morgan fingerprint density at radius 3 is 2.28 bits per heavy atom. The van der Waals surface area contributed by atoms with E-state index in [0.717, 1.165) is 59.2 Å². The number of nitrogens with zero attached hydrogens (tertiary/aromatic N) is 3. The van der Waals surface area contributed by atoms with Crippen molar-refractivity contribution < 1.29 is 4.79 Å². The van der Waals surface area contributed by atoms with Crippen LogP contribution in [-0.4, -0.2) is 42.2 Å². The van der Waals surface area contributed by atoms with Gasteiger partial charge in [0.25, 0.3) is 0 Å². The number of hydrogen-bond acceptors (Lipinski definition) is 5. The molecule has 3 N–H and O–H groups in total. The number of aromatic nitrogens is 2. The summed E-state index contributed by atoms with van der Waals surface area (Å²) in [4.78, 5) is 23.9. The highest BCUT2D eigenvalue weighted by Gasteiger charge is 2.23. The molecule has 2 aromatic carbocycles. The fourth-order valence-electron chi connectivity index (χ4n) is 4.43. The summed E-state index contributed by atoms with van der Waals surface area (Å²) in [6.07, 6.45) is 3.77. The Hall–Kier alpha value is -3.35. The molecular weight excluding hydrogens is 400 g/mol. The highest BCUT2D eigenvalue weighted by molar-refractivity contribution is 5.90. The molecule has 1 aliphatic rings. The molecule has 1 heterocycles. The van der Waals surface area contributed by atoms with Crippen LogP contribution in [0.5, 0.6) is 0 Å². The minimum absolute atomic E-state index is 0.139. The highest BCUT2D eigenvalue weighted by Crippen LogP contribution is 2.26. The van der Waals surface area contributed by atoms with Gasteiger partial charge in [0, 0.05) is 37.3 Å². The molecule has 32 heavy (non-hydrogen) atoms. The topological polar surface area (TPSA) is 82.2 Å². The van der Waals surface area contributed by atoms with Gasteiger partial charge in [-0.3, -0.25) is 0 Å². The molecule has 0 bridgehead atoms. The Kier molecular flexibility index (Phi) is 6.44. The van der Waals surface area contributed by atoms with E-state index in [0.29, 0.717) is 12.0 Å². The van der Waals surface area contributed by atoms with E-state index in [9.17, 15) is 4.79 Å². The van der Waals surface area contributed by atoms with Gasteiger partial charge in [-0.1, -0.05) is 18.2 Å². The van der Waals surface area contributed by atoms with E-state index < -0.39 is 0 Å². The van der Waals surface area contributed by atoms with Gasteiger partial charge >= 0.3 is 6.03 Å². The van der Waals surface area contributed by atoms with Crippen LogP contribution in [0.1, 0.15) is 36.8 Å². The molecule has 0 saturated heterocycles. The van der Waals surface area contributed by atoms with Crippen LogP contribution in [0.3, 0.4) is 0 Å². The highest BCUT2D eigenvalue weighted by atomic mass is 16.2. The minimum Gasteiger partial charge on any atom is -0.362 e. The fraction of sp³-hybridized carbons (Fsp3) is 0.400. The summed E-state index contributed by atoms with van der Waals surface area (Å²) in [6, 6.07) is 14.5. The van der Waals surface area contributed by atoms with Gasteiger partial charge < -0.3 is 20.9 Å². The van der Waals surface area contributed by atoms with Crippen molar-refractivity contribution in [2.75, 3.05) is 29.6 Å². The second kappa shape index (κ2) is 9.42. The molecule has 7 nitrogen and oxygen atoms in total. The quantitative estimate of drug-likeness (QED) is 0.536. The zero-order chi connectivity index (χ0) is 22.7. The molecule has 168 valence electrons. The number of rotatable bonds is 5. The Balaban J connectivity index is 1.32. The molecule has 2 amide bonds. The van der Waals surface area contributed by atoms with Crippen molar-refractivity contribution in [3.63, 3.8) is 0 Å². The van der Waals surface area contributed by atoms with Crippen molar-refractivity contribution >= 4 is 34.4 Å². The molecule has 1 aliphatic carbocycles. The van der Waals surface area contributed by atoms with Crippen molar-refractivity contribution in [3.8, 4) is 0 Å². The Labute approximate surface area is 189 Å². The number of para-hydroxylation sites is 1. The standard InChI is InChI=1S/C25H32N6O/c1-16-13-17(2)15-20(14-16)28-25(32)27-19-11-9-18(10-12-19)26-24-29-22-8-6-5-7-21(22)23(30-24)31(3)4/h5-8,13-15,18-19H,9-12H2,1-4H3,(H,26,29,30)(H2,27,28,32).